The molecule has 168 valence electrons. The molecule has 1 N–H and O–H groups in total. The van der Waals surface area contributed by atoms with E-state index in [-0.39, 0.29) is 40.7 Å². The number of pyridine rings is 1. The summed E-state index contributed by atoms with van der Waals surface area (Å²) >= 11 is 0. The van der Waals surface area contributed by atoms with E-state index >= 15 is 0 Å². The van der Waals surface area contributed by atoms with Crippen LogP contribution in [0, 0.1) is 24.5 Å². The van der Waals surface area contributed by atoms with Crippen molar-refractivity contribution in [2.45, 2.75) is 32.4 Å². The van der Waals surface area contributed by atoms with Gasteiger partial charge in [0.1, 0.15) is 11.6 Å². The molecule has 1 atom stereocenters. The van der Waals surface area contributed by atoms with Gasteiger partial charge in [0.2, 0.25) is 0 Å². The van der Waals surface area contributed by atoms with E-state index in [1.165, 1.54) is 35.0 Å². The number of hydrogen-bond acceptors (Lipinski definition) is 4. The van der Waals surface area contributed by atoms with E-state index in [0.29, 0.717) is 17.0 Å². The number of amides is 1. The Bertz CT molecular complexity index is 1410. The summed E-state index contributed by atoms with van der Waals surface area (Å²) in [6.45, 7) is 1.65. The lowest BCUT2D eigenvalue weighted by atomic mass is 9.99. The maximum absolute atomic E-state index is 14.8. The van der Waals surface area contributed by atoms with Gasteiger partial charge in [-0.2, -0.15) is 0 Å². The summed E-state index contributed by atoms with van der Waals surface area (Å²) in [4.78, 5) is 26.7. The van der Waals surface area contributed by atoms with Crippen LogP contribution in [0.25, 0.3) is 10.8 Å². The number of aromatic nitrogens is 2. The van der Waals surface area contributed by atoms with Crippen LogP contribution in [0.1, 0.15) is 46.3 Å². The first-order valence-corrected chi connectivity index (χ1v) is 10.7. The topological polar surface area (TPSA) is 77.1 Å². The Morgan fingerprint density at radius 2 is 2.00 bits per heavy atom. The largest absolute Gasteiger partial charge is 0.359 e. The molecule has 1 aliphatic carbocycles. The summed E-state index contributed by atoms with van der Waals surface area (Å²) in [6, 6.07) is 11.6. The normalized spacial score (nSPS) is 14.4. The molecule has 0 bridgehead atoms. The number of carbonyl (C=O) groups is 1. The molecule has 1 aliphatic rings. The maximum Gasteiger partial charge on any atom is 0.262 e. The highest BCUT2D eigenvalue weighted by molar-refractivity contribution is 6.08. The molecule has 1 saturated carbocycles. The minimum Gasteiger partial charge on any atom is -0.359 e. The van der Waals surface area contributed by atoms with Crippen LogP contribution in [0.4, 0.5) is 8.78 Å². The summed E-state index contributed by atoms with van der Waals surface area (Å²) in [6.07, 6.45) is 3.28. The van der Waals surface area contributed by atoms with Crippen molar-refractivity contribution in [3.8, 4) is 0 Å². The molecule has 6 nitrogen and oxygen atoms in total. The van der Waals surface area contributed by atoms with Gasteiger partial charge in [-0.3, -0.25) is 9.59 Å². The molecule has 0 unspecified atom stereocenters. The molecule has 2 aromatic heterocycles. The monoisotopic (exact) mass is 449 g/mol. The lowest BCUT2D eigenvalue weighted by molar-refractivity contribution is 0.0931. The average Bonchev–Trinajstić information content (AvgIpc) is 3.50. The number of benzene rings is 2. The highest BCUT2D eigenvalue weighted by atomic mass is 19.1. The second kappa shape index (κ2) is 8.27. The summed E-state index contributed by atoms with van der Waals surface area (Å²) in [7, 11) is 0. The smallest absolute Gasteiger partial charge is 0.262 e. The Hall–Kier alpha value is -3.81. The van der Waals surface area contributed by atoms with Gasteiger partial charge in [-0.1, -0.05) is 29.4 Å². The van der Waals surface area contributed by atoms with E-state index in [0.717, 1.165) is 12.8 Å². The van der Waals surface area contributed by atoms with E-state index in [2.05, 4.69) is 10.5 Å². The number of nitrogens with one attached hydrogen (secondary N) is 1. The molecule has 33 heavy (non-hydrogen) atoms. The van der Waals surface area contributed by atoms with E-state index in [1.54, 1.807) is 31.2 Å². The molecule has 0 spiro atoms. The summed E-state index contributed by atoms with van der Waals surface area (Å²) in [5, 5.41) is 6.73. The molecule has 0 radical (unpaired) electrons. The van der Waals surface area contributed by atoms with Crippen LogP contribution in [0.2, 0.25) is 0 Å². The van der Waals surface area contributed by atoms with E-state index in [1.807, 2.05) is 0 Å². The first kappa shape index (κ1) is 21.1. The van der Waals surface area contributed by atoms with Crippen molar-refractivity contribution in [3.05, 3.63) is 99.3 Å². The number of halogens is 2. The van der Waals surface area contributed by atoms with E-state index < -0.39 is 17.3 Å². The average molecular weight is 449 g/mol. The highest BCUT2D eigenvalue weighted by Crippen LogP contribution is 2.41. The van der Waals surface area contributed by atoms with Crippen molar-refractivity contribution >= 4 is 16.7 Å². The first-order chi connectivity index (χ1) is 15.9. The molecule has 4 aromatic rings. The first-order valence-electron chi connectivity index (χ1n) is 10.7. The zero-order chi connectivity index (χ0) is 23.1. The second-order valence-electron chi connectivity index (χ2n) is 8.34. The van der Waals surface area contributed by atoms with Gasteiger partial charge in [0, 0.05) is 17.1 Å². The Morgan fingerprint density at radius 1 is 1.21 bits per heavy atom. The van der Waals surface area contributed by atoms with Crippen LogP contribution >= 0.6 is 0 Å². The zero-order valence-corrected chi connectivity index (χ0v) is 17.8. The minimum absolute atomic E-state index is 0.00513. The summed E-state index contributed by atoms with van der Waals surface area (Å²) in [5.74, 6) is -0.939. The number of nitrogens with zero attached hydrogens (tertiary/aromatic N) is 2. The second-order valence-corrected chi connectivity index (χ2v) is 8.34. The van der Waals surface area contributed by atoms with Crippen molar-refractivity contribution in [2.75, 3.05) is 0 Å². The third kappa shape index (κ3) is 3.92. The van der Waals surface area contributed by atoms with Gasteiger partial charge in [-0.05, 0) is 49.4 Å². The van der Waals surface area contributed by atoms with Crippen molar-refractivity contribution in [1.29, 1.82) is 0 Å². The van der Waals surface area contributed by atoms with Crippen molar-refractivity contribution < 1.29 is 18.1 Å². The van der Waals surface area contributed by atoms with Crippen LogP contribution in [0.15, 0.2) is 64.0 Å². The molecule has 5 rings (SSSR count). The lowest BCUT2D eigenvalue weighted by Crippen LogP contribution is -2.34. The lowest BCUT2D eigenvalue weighted by Gasteiger charge is -2.22. The van der Waals surface area contributed by atoms with Gasteiger partial charge in [-0.25, -0.2) is 8.78 Å². The quantitative estimate of drug-likeness (QED) is 0.470. The van der Waals surface area contributed by atoms with Crippen molar-refractivity contribution in [3.63, 3.8) is 0 Å². The Morgan fingerprint density at radius 3 is 2.70 bits per heavy atom. The number of rotatable bonds is 6. The fraction of sp³-hybridized carbons (Fsp3) is 0.240. The van der Waals surface area contributed by atoms with Gasteiger partial charge < -0.3 is 14.4 Å². The van der Waals surface area contributed by atoms with Gasteiger partial charge in [0.25, 0.3) is 11.5 Å². The van der Waals surface area contributed by atoms with Crippen LogP contribution in [0.3, 0.4) is 0 Å². The molecule has 2 aromatic carbocycles. The Kier molecular flexibility index (Phi) is 5.28. The van der Waals surface area contributed by atoms with E-state index in [4.69, 9.17) is 4.52 Å². The van der Waals surface area contributed by atoms with Crippen molar-refractivity contribution in [2.24, 2.45) is 5.92 Å². The molecule has 2 heterocycles. The van der Waals surface area contributed by atoms with Crippen LogP contribution in [-0.2, 0) is 6.54 Å². The standard InChI is InChI=1S/C25H21F2N3O3/c1-14-21(24(31)29-23(15-8-9-15)16-4-2-5-17(26)12-16)19-6-3-7-20(27)22(19)25(32)30(14)13-18-10-11-28-33-18/h2-7,10-12,15,23H,8-9,13H2,1H3,(H,29,31)/t23-/m0/s1. The minimum atomic E-state index is -0.707. The van der Waals surface area contributed by atoms with Gasteiger partial charge in [0.05, 0.1) is 29.7 Å². The number of carbonyl (C=O) groups excluding carboxylic acids is 1. The van der Waals surface area contributed by atoms with Crippen LogP contribution in [-0.4, -0.2) is 15.6 Å². The predicted molar refractivity (Wildman–Crippen MR) is 118 cm³/mol. The number of fused-ring (bicyclic) bond motifs is 1. The third-order valence-corrected chi connectivity index (χ3v) is 6.13. The molecule has 0 saturated heterocycles. The number of hydrogen-bond donors (Lipinski definition) is 1. The fourth-order valence-electron chi connectivity index (χ4n) is 4.34. The zero-order valence-electron chi connectivity index (χ0n) is 17.8. The molecule has 8 heteroatoms. The van der Waals surface area contributed by atoms with E-state index in [9.17, 15) is 18.4 Å². The summed E-state index contributed by atoms with van der Waals surface area (Å²) in [5.41, 5.74) is 0.692. The van der Waals surface area contributed by atoms with Crippen LogP contribution in [0.5, 0.6) is 0 Å². The highest BCUT2D eigenvalue weighted by Gasteiger charge is 2.34. The van der Waals surface area contributed by atoms with Gasteiger partial charge >= 0.3 is 0 Å². The molecule has 0 aliphatic heterocycles. The molecule has 1 amide bonds. The van der Waals surface area contributed by atoms with Crippen molar-refractivity contribution in [1.82, 2.24) is 15.0 Å². The molecular weight excluding hydrogens is 428 g/mol. The SMILES string of the molecule is Cc1c(C(=O)N[C@H](c2cccc(F)c2)C2CC2)c2cccc(F)c2c(=O)n1Cc1ccno1. The Labute approximate surface area is 187 Å². The third-order valence-electron chi connectivity index (χ3n) is 6.13. The predicted octanol–water partition coefficient (Wildman–Crippen LogP) is 4.51. The molecule has 1 fully saturated rings. The van der Waals surface area contributed by atoms with Crippen LogP contribution < -0.4 is 10.9 Å². The maximum atomic E-state index is 14.8. The van der Waals surface area contributed by atoms with Gasteiger partial charge in [-0.15, -0.1) is 0 Å². The molecular formula is C25H21F2N3O3. The van der Waals surface area contributed by atoms with Gasteiger partial charge in [0.15, 0.2) is 5.76 Å². The Balaban J connectivity index is 1.62. The summed E-state index contributed by atoms with van der Waals surface area (Å²) < 4.78 is 35.1. The fourth-order valence-corrected chi connectivity index (χ4v) is 4.34.